The van der Waals surface area contributed by atoms with Crippen LogP contribution < -0.4 is 5.32 Å². The van der Waals surface area contributed by atoms with Gasteiger partial charge in [-0.1, -0.05) is 19.1 Å². The van der Waals surface area contributed by atoms with Crippen molar-refractivity contribution in [3.63, 3.8) is 0 Å². The number of rotatable bonds is 6. The quantitative estimate of drug-likeness (QED) is 0.866. The molecular weight excluding hydrogens is 255 g/mol. The second kappa shape index (κ2) is 7.39. The maximum Gasteiger partial charge on any atom is 0.224 e. The number of hydrogen-bond donors (Lipinski definition) is 1. The molecule has 2 rings (SSSR count). The largest absolute Gasteiger partial charge is 0.354 e. The molecule has 1 fully saturated rings. The molecule has 0 radical (unpaired) electrons. The van der Waals surface area contributed by atoms with Crippen molar-refractivity contribution >= 4 is 5.91 Å². The van der Waals surface area contributed by atoms with Crippen LogP contribution in [0.3, 0.4) is 0 Å². The number of amides is 1. The van der Waals surface area contributed by atoms with Crippen LogP contribution in [0.5, 0.6) is 0 Å². The van der Waals surface area contributed by atoms with Crippen LogP contribution in [0, 0.1) is 5.82 Å². The van der Waals surface area contributed by atoms with E-state index in [0.29, 0.717) is 19.0 Å². The smallest absolute Gasteiger partial charge is 0.224 e. The Kier molecular flexibility index (Phi) is 5.53. The van der Waals surface area contributed by atoms with E-state index in [4.69, 9.17) is 0 Å². The highest BCUT2D eigenvalue weighted by Crippen LogP contribution is 2.13. The minimum Gasteiger partial charge on any atom is -0.354 e. The molecule has 20 heavy (non-hydrogen) atoms. The van der Waals surface area contributed by atoms with Crippen LogP contribution in [-0.4, -0.2) is 36.5 Å². The first-order chi connectivity index (χ1) is 9.69. The van der Waals surface area contributed by atoms with Gasteiger partial charge >= 0.3 is 0 Å². The van der Waals surface area contributed by atoms with Gasteiger partial charge in [0.1, 0.15) is 5.82 Å². The second-order valence-electron chi connectivity index (χ2n) is 5.41. The number of carbonyl (C=O) groups excluding carboxylic acids is 1. The minimum absolute atomic E-state index is 0.00857. The average Bonchev–Trinajstić information content (AvgIpc) is 2.96. The number of benzene rings is 1. The van der Waals surface area contributed by atoms with Crippen molar-refractivity contribution in [1.29, 1.82) is 0 Å². The summed E-state index contributed by atoms with van der Waals surface area (Å²) in [5.41, 5.74) is 0.845. The van der Waals surface area contributed by atoms with Crippen LogP contribution in [0.25, 0.3) is 0 Å². The van der Waals surface area contributed by atoms with Gasteiger partial charge in [0.2, 0.25) is 5.91 Å². The lowest BCUT2D eigenvalue weighted by Gasteiger charge is -2.26. The van der Waals surface area contributed by atoms with Gasteiger partial charge in [-0.25, -0.2) is 4.39 Å². The van der Waals surface area contributed by atoms with Crippen LogP contribution in [0.2, 0.25) is 0 Å². The van der Waals surface area contributed by atoms with Gasteiger partial charge < -0.3 is 5.32 Å². The molecular formula is C16H23FN2O. The van der Waals surface area contributed by atoms with E-state index in [1.165, 1.54) is 25.0 Å². The van der Waals surface area contributed by atoms with Gasteiger partial charge in [-0.15, -0.1) is 0 Å². The third-order valence-corrected chi connectivity index (χ3v) is 3.94. The van der Waals surface area contributed by atoms with Gasteiger partial charge in [-0.3, -0.25) is 9.69 Å². The summed E-state index contributed by atoms with van der Waals surface area (Å²) in [4.78, 5) is 14.4. The molecule has 1 atom stereocenters. The van der Waals surface area contributed by atoms with Crippen molar-refractivity contribution < 1.29 is 9.18 Å². The molecule has 0 aromatic heterocycles. The molecule has 0 spiro atoms. The topological polar surface area (TPSA) is 32.3 Å². The lowest BCUT2D eigenvalue weighted by atomic mass is 10.1. The van der Waals surface area contributed by atoms with E-state index in [1.807, 2.05) is 0 Å². The fourth-order valence-electron chi connectivity index (χ4n) is 2.72. The zero-order valence-corrected chi connectivity index (χ0v) is 12.1. The molecule has 1 aromatic carbocycles. The Balaban J connectivity index is 1.77. The lowest BCUT2D eigenvalue weighted by molar-refractivity contribution is -0.120. The van der Waals surface area contributed by atoms with Crippen LogP contribution in [0.15, 0.2) is 24.3 Å². The average molecular weight is 278 g/mol. The molecule has 1 aromatic rings. The summed E-state index contributed by atoms with van der Waals surface area (Å²) >= 11 is 0. The lowest BCUT2D eigenvalue weighted by Crippen LogP contribution is -2.42. The summed E-state index contributed by atoms with van der Waals surface area (Å²) in [5, 5.41) is 3.00. The zero-order valence-electron chi connectivity index (χ0n) is 12.1. The number of nitrogens with one attached hydrogen (secondary N) is 1. The van der Waals surface area contributed by atoms with Gasteiger partial charge in [0.15, 0.2) is 0 Å². The second-order valence-corrected chi connectivity index (χ2v) is 5.41. The highest BCUT2D eigenvalue weighted by molar-refractivity contribution is 5.78. The molecule has 4 heteroatoms. The third kappa shape index (κ3) is 4.30. The molecule has 1 amide bonds. The molecule has 0 bridgehead atoms. The van der Waals surface area contributed by atoms with Crippen LogP contribution >= 0.6 is 0 Å². The Hall–Kier alpha value is -1.42. The van der Waals surface area contributed by atoms with Crippen molar-refractivity contribution in [1.82, 2.24) is 10.2 Å². The van der Waals surface area contributed by atoms with E-state index in [0.717, 1.165) is 25.1 Å². The van der Waals surface area contributed by atoms with Crippen molar-refractivity contribution in [3.8, 4) is 0 Å². The molecule has 110 valence electrons. The molecule has 0 saturated carbocycles. The van der Waals surface area contributed by atoms with Crippen LogP contribution in [-0.2, 0) is 11.2 Å². The van der Waals surface area contributed by atoms with E-state index >= 15 is 0 Å². The van der Waals surface area contributed by atoms with E-state index in [-0.39, 0.29) is 11.7 Å². The fraction of sp³-hybridized carbons (Fsp3) is 0.562. The summed E-state index contributed by atoms with van der Waals surface area (Å²) in [6.07, 6.45) is 3.90. The first-order valence-corrected chi connectivity index (χ1v) is 7.44. The van der Waals surface area contributed by atoms with Gasteiger partial charge in [-0.05, 0) is 50.0 Å². The van der Waals surface area contributed by atoms with Crippen molar-refractivity contribution in [2.75, 3.05) is 19.6 Å². The van der Waals surface area contributed by atoms with Crippen LogP contribution in [0.1, 0.15) is 31.7 Å². The summed E-state index contributed by atoms with van der Waals surface area (Å²) in [5.74, 6) is -0.261. The van der Waals surface area contributed by atoms with E-state index in [1.54, 1.807) is 12.1 Å². The summed E-state index contributed by atoms with van der Waals surface area (Å²) in [6, 6.07) is 6.54. The van der Waals surface area contributed by atoms with E-state index in [9.17, 15) is 9.18 Å². The van der Waals surface area contributed by atoms with E-state index < -0.39 is 0 Å². The predicted molar refractivity (Wildman–Crippen MR) is 78.0 cm³/mol. The van der Waals surface area contributed by atoms with Crippen LogP contribution in [0.4, 0.5) is 4.39 Å². The standard InChI is InChI=1S/C16H23FN2O/c1-2-15(19-9-3-4-10-19)12-18-16(20)11-13-5-7-14(17)8-6-13/h5-8,15H,2-4,9-12H2,1H3,(H,18,20)/t15-/m0/s1. The number of halogens is 1. The predicted octanol–water partition coefficient (Wildman–Crippen LogP) is 2.36. The molecule has 1 saturated heterocycles. The molecule has 1 heterocycles. The summed E-state index contributed by atoms with van der Waals surface area (Å²) < 4.78 is 12.8. The normalized spacial score (nSPS) is 17.1. The Bertz CT molecular complexity index is 427. The first kappa shape index (κ1) is 15.0. The molecule has 1 aliphatic heterocycles. The number of nitrogens with zero attached hydrogens (tertiary/aromatic N) is 1. The third-order valence-electron chi connectivity index (χ3n) is 3.94. The van der Waals surface area contributed by atoms with Crippen molar-refractivity contribution in [3.05, 3.63) is 35.6 Å². The SMILES string of the molecule is CC[C@@H](CNC(=O)Cc1ccc(F)cc1)N1CCCC1. The monoisotopic (exact) mass is 278 g/mol. The van der Waals surface area contributed by atoms with E-state index in [2.05, 4.69) is 17.1 Å². The van der Waals surface area contributed by atoms with Gasteiger partial charge in [0.05, 0.1) is 6.42 Å². The zero-order chi connectivity index (χ0) is 14.4. The minimum atomic E-state index is -0.269. The Morgan fingerprint density at radius 2 is 1.95 bits per heavy atom. The van der Waals surface area contributed by atoms with Gasteiger partial charge in [0.25, 0.3) is 0 Å². The first-order valence-electron chi connectivity index (χ1n) is 7.44. The molecule has 3 nitrogen and oxygen atoms in total. The van der Waals surface area contributed by atoms with Gasteiger partial charge in [-0.2, -0.15) is 0 Å². The number of hydrogen-bond acceptors (Lipinski definition) is 2. The molecule has 0 aliphatic carbocycles. The molecule has 1 aliphatic rings. The van der Waals surface area contributed by atoms with Crippen molar-refractivity contribution in [2.24, 2.45) is 0 Å². The highest BCUT2D eigenvalue weighted by atomic mass is 19.1. The summed E-state index contributed by atoms with van der Waals surface area (Å²) in [6.45, 7) is 5.16. The molecule has 1 N–H and O–H groups in total. The maximum absolute atomic E-state index is 12.8. The maximum atomic E-state index is 12.8. The number of likely N-dealkylation sites (tertiary alicyclic amines) is 1. The fourth-order valence-corrected chi connectivity index (χ4v) is 2.72. The number of carbonyl (C=O) groups is 1. The van der Waals surface area contributed by atoms with Crippen molar-refractivity contribution in [2.45, 2.75) is 38.6 Å². The summed E-state index contributed by atoms with van der Waals surface area (Å²) in [7, 11) is 0. The molecule has 0 unspecified atom stereocenters. The Morgan fingerprint density at radius 3 is 2.55 bits per heavy atom. The Labute approximate surface area is 120 Å². The highest BCUT2D eigenvalue weighted by Gasteiger charge is 2.20. The van der Waals surface area contributed by atoms with Gasteiger partial charge in [0, 0.05) is 12.6 Å². The Morgan fingerprint density at radius 1 is 1.30 bits per heavy atom.